The first-order valence-electron chi connectivity index (χ1n) is 7.90. The Morgan fingerprint density at radius 1 is 1.00 bits per heavy atom. The fourth-order valence-electron chi connectivity index (χ4n) is 3.59. The van der Waals surface area contributed by atoms with E-state index in [0.717, 1.165) is 18.3 Å². The highest BCUT2D eigenvalue weighted by atomic mass is 14.4. The standard InChI is InChI=1S/C20H19B/c1-2-5-11-17(10-4-1)21(18-12-6-3-7-13-18)20-14-8-9-16-15-19(16)20/h1-4,6-14,16,19H,5,15H2. The van der Waals surface area contributed by atoms with Crippen molar-refractivity contribution in [2.45, 2.75) is 12.8 Å². The Morgan fingerprint density at radius 3 is 2.81 bits per heavy atom. The molecular weight excluding hydrogens is 251 g/mol. The van der Waals surface area contributed by atoms with Gasteiger partial charge in [-0.2, -0.15) is 0 Å². The first-order valence-corrected chi connectivity index (χ1v) is 7.90. The van der Waals surface area contributed by atoms with E-state index in [4.69, 9.17) is 0 Å². The van der Waals surface area contributed by atoms with Gasteiger partial charge in [-0.15, -0.1) is 0 Å². The molecular formula is C20H19B. The van der Waals surface area contributed by atoms with Gasteiger partial charge >= 0.3 is 0 Å². The number of benzene rings is 1. The molecule has 0 radical (unpaired) electrons. The summed E-state index contributed by atoms with van der Waals surface area (Å²) in [4.78, 5) is 0. The maximum absolute atomic E-state index is 2.38. The van der Waals surface area contributed by atoms with Gasteiger partial charge in [0.25, 0.3) is 0 Å². The molecule has 0 aromatic heterocycles. The molecule has 102 valence electrons. The predicted molar refractivity (Wildman–Crippen MR) is 91.6 cm³/mol. The number of fused-ring (bicyclic) bond motifs is 1. The summed E-state index contributed by atoms with van der Waals surface area (Å²) in [5.41, 5.74) is 4.47. The number of allylic oxidation sites excluding steroid dienone is 10. The Balaban J connectivity index is 1.78. The van der Waals surface area contributed by atoms with Crippen LogP contribution >= 0.6 is 0 Å². The quantitative estimate of drug-likeness (QED) is 0.727. The first kappa shape index (κ1) is 12.7. The van der Waals surface area contributed by atoms with Crippen molar-refractivity contribution in [2.24, 2.45) is 11.8 Å². The van der Waals surface area contributed by atoms with Crippen molar-refractivity contribution in [3.63, 3.8) is 0 Å². The van der Waals surface area contributed by atoms with E-state index in [9.17, 15) is 0 Å². The summed E-state index contributed by atoms with van der Waals surface area (Å²) in [5.74, 6) is 1.57. The van der Waals surface area contributed by atoms with Gasteiger partial charge in [-0.3, -0.25) is 0 Å². The monoisotopic (exact) mass is 270 g/mol. The summed E-state index contributed by atoms with van der Waals surface area (Å²) in [5, 5.41) is 0. The average Bonchev–Trinajstić information content (AvgIpc) is 3.33. The molecule has 0 saturated heterocycles. The predicted octanol–water partition coefficient (Wildman–Crippen LogP) is 4.04. The van der Waals surface area contributed by atoms with Crippen molar-refractivity contribution in [1.29, 1.82) is 0 Å². The van der Waals surface area contributed by atoms with E-state index in [2.05, 4.69) is 78.9 Å². The molecule has 1 saturated carbocycles. The summed E-state index contributed by atoms with van der Waals surface area (Å²) in [6.45, 7) is 0.419. The van der Waals surface area contributed by atoms with Gasteiger partial charge in [0.1, 0.15) is 0 Å². The highest BCUT2D eigenvalue weighted by molar-refractivity contribution is 6.86. The smallest absolute Gasteiger partial charge is 0.0871 e. The lowest BCUT2D eigenvalue weighted by atomic mass is 9.34. The molecule has 1 aromatic carbocycles. The summed E-state index contributed by atoms with van der Waals surface area (Å²) in [7, 11) is 0. The Hall–Kier alpha value is -2.02. The molecule has 1 heteroatoms. The molecule has 1 fully saturated rings. The van der Waals surface area contributed by atoms with Crippen LogP contribution in [-0.4, -0.2) is 6.71 Å². The van der Waals surface area contributed by atoms with Gasteiger partial charge in [-0.25, -0.2) is 0 Å². The van der Waals surface area contributed by atoms with Crippen molar-refractivity contribution in [3.8, 4) is 0 Å². The SMILES string of the molecule is C1=CCC=C(B(C2=CC=CC3CC23)c2ccccc2)C=C1. The molecule has 1 aromatic rings. The van der Waals surface area contributed by atoms with Crippen LogP contribution in [0.4, 0.5) is 0 Å². The van der Waals surface area contributed by atoms with Crippen LogP contribution in [0.15, 0.2) is 89.9 Å². The van der Waals surface area contributed by atoms with Crippen molar-refractivity contribution in [1.82, 2.24) is 0 Å². The van der Waals surface area contributed by atoms with Gasteiger partial charge in [0, 0.05) is 0 Å². The lowest BCUT2D eigenvalue weighted by molar-refractivity contribution is 0.956. The van der Waals surface area contributed by atoms with Crippen LogP contribution in [0.2, 0.25) is 0 Å². The topological polar surface area (TPSA) is 0 Å². The Bertz CT molecular complexity index is 673. The maximum atomic E-state index is 2.38. The minimum atomic E-state index is 0.419. The van der Waals surface area contributed by atoms with Gasteiger partial charge in [-0.1, -0.05) is 95.3 Å². The molecule has 0 nitrogen and oxygen atoms in total. The molecule has 0 amide bonds. The van der Waals surface area contributed by atoms with E-state index < -0.39 is 0 Å². The molecule has 2 atom stereocenters. The third-order valence-electron chi connectivity index (χ3n) is 4.74. The van der Waals surface area contributed by atoms with Gasteiger partial charge in [-0.05, 0) is 24.7 Å². The second-order valence-electron chi connectivity index (χ2n) is 6.13. The minimum Gasteiger partial charge on any atom is -0.0871 e. The minimum absolute atomic E-state index is 0.419. The maximum Gasteiger partial charge on any atom is 0.237 e. The van der Waals surface area contributed by atoms with Crippen LogP contribution in [-0.2, 0) is 0 Å². The zero-order chi connectivity index (χ0) is 14.1. The Morgan fingerprint density at radius 2 is 1.90 bits per heavy atom. The first-order chi connectivity index (χ1) is 10.4. The van der Waals surface area contributed by atoms with Gasteiger partial charge in [0.2, 0.25) is 6.71 Å². The van der Waals surface area contributed by atoms with E-state index >= 15 is 0 Å². The second kappa shape index (κ2) is 5.40. The van der Waals surface area contributed by atoms with Crippen LogP contribution in [0.1, 0.15) is 12.8 Å². The van der Waals surface area contributed by atoms with Crippen LogP contribution in [0.3, 0.4) is 0 Å². The van der Waals surface area contributed by atoms with Crippen molar-refractivity contribution < 1.29 is 0 Å². The van der Waals surface area contributed by atoms with Crippen LogP contribution in [0, 0.1) is 11.8 Å². The summed E-state index contributed by atoms with van der Waals surface area (Å²) in [6.07, 6.45) is 20.6. The lowest BCUT2D eigenvalue weighted by Gasteiger charge is -2.21. The highest BCUT2D eigenvalue weighted by Gasteiger charge is 2.43. The molecule has 0 heterocycles. The number of hydrogen-bond donors (Lipinski definition) is 0. The summed E-state index contributed by atoms with van der Waals surface area (Å²) >= 11 is 0. The van der Waals surface area contributed by atoms with E-state index in [1.165, 1.54) is 17.4 Å². The zero-order valence-corrected chi connectivity index (χ0v) is 12.2. The van der Waals surface area contributed by atoms with Crippen molar-refractivity contribution in [2.75, 3.05) is 0 Å². The molecule has 0 spiro atoms. The Kier molecular flexibility index (Phi) is 3.27. The molecule has 0 N–H and O–H groups in total. The van der Waals surface area contributed by atoms with Gasteiger partial charge in [0.15, 0.2) is 0 Å². The second-order valence-corrected chi connectivity index (χ2v) is 6.13. The molecule has 3 aliphatic rings. The van der Waals surface area contributed by atoms with E-state index in [1.54, 1.807) is 5.47 Å². The number of rotatable bonds is 3. The largest absolute Gasteiger partial charge is 0.237 e. The van der Waals surface area contributed by atoms with Crippen LogP contribution < -0.4 is 5.46 Å². The zero-order valence-electron chi connectivity index (χ0n) is 12.2. The molecule has 2 unspecified atom stereocenters. The van der Waals surface area contributed by atoms with E-state index in [-0.39, 0.29) is 0 Å². The molecule has 0 bridgehead atoms. The summed E-state index contributed by atoms with van der Waals surface area (Å²) in [6, 6.07) is 11.0. The van der Waals surface area contributed by atoms with E-state index in [1.807, 2.05) is 0 Å². The third kappa shape index (κ3) is 2.49. The fraction of sp³-hybridized carbons (Fsp3) is 0.200. The van der Waals surface area contributed by atoms with Gasteiger partial charge < -0.3 is 0 Å². The molecule has 21 heavy (non-hydrogen) atoms. The van der Waals surface area contributed by atoms with Gasteiger partial charge in [0.05, 0.1) is 0 Å². The Labute approximate surface area is 127 Å². The highest BCUT2D eigenvalue weighted by Crippen LogP contribution is 2.48. The molecule has 4 rings (SSSR count). The normalized spacial score (nSPS) is 25.7. The van der Waals surface area contributed by atoms with Crippen molar-refractivity contribution in [3.05, 3.63) is 89.9 Å². The summed E-state index contributed by atoms with van der Waals surface area (Å²) < 4.78 is 0. The lowest BCUT2D eigenvalue weighted by Crippen LogP contribution is -2.36. The average molecular weight is 270 g/mol. The third-order valence-corrected chi connectivity index (χ3v) is 4.74. The fourth-order valence-corrected chi connectivity index (χ4v) is 3.59. The van der Waals surface area contributed by atoms with Crippen molar-refractivity contribution >= 4 is 12.2 Å². The molecule has 0 aliphatic heterocycles. The molecule has 3 aliphatic carbocycles. The number of hydrogen-bond acceptors (Lipinski definition) is 0. The van der Waals surface area contributed by atoms with E-state index in [0.29, 0.717) is 6.71 Å². The van der Waals surface area contributed by atoms with Crippen LogP contribution in [0.5, 0.6) is 0 Å². The van der Waals surface area contributed by atoms with Crippen LogP contribution in [0.25, 0.3) is 0 Å².